The van der Waals surface area contributed by atoms with E-state index in [2.05, 4.69) is 9.97 Å². The van der Waals surface area contributed by atoms with E-state index in [0.717, 1.165) is 0 Å². The van der Waals surface area contributed by atoms with Gasteiger partial charge in [0.2, 0.25) is 0 Å². The van der Waals surface area contributed by atoms with Crippen LogP contribution in [0.3, 0.4) is 0 Å². The maximum atomic E-state index is 13.8. The summed E-state index contributed by atoms with van der Waals surface area (Å²) in [5.41, 5.74) is 0.320. The average molecular weight is 304 g/mol. The van der Waals surface area contributed by atoms with Gasteiger partial charge in [-0.15, -0.1) is 0 Å². The van der Waals surface area contributed by atoms with Gasteiger partial charge in [-0.3, -0.25) is 0 Å². The molecule has 116 valence electrons. The molecule has 0 spiro atoms. The zero-order chi connectivity index (χ0) is 15.5. The van der Waals surface area contributed by atoms with Crippen LogP contribution in [0.25, 0.3) is 10.9 Å². The summed E-state index contributed by atoms with van der Waals surface area (Å²) in [6.45, 7) is 4.52. The number of hydrogen-bond acceptors (Lipinski definition) is 5. The van der Waals surface area contributed by atoms with Crippen LogP contribution in [0.1, 0.15) is 6.92 Å². The highest BCUT2D eigenvalue weighted by Crippen LogP contribution is 2.25. The molecule has 1 aromatic heterocycles. The monoisotopic (exact) mass is 304 g/mol. The summed E-state index contributed by atoms with van der Waals surface area (Å²) in [5.74, 6) is 0.347. The van der Waals surface area contributed by atoms with E-state index >= 15 is 0 Å². The number of amides is 1. The van der Waals surface area contributed by atoms with Crippen molar-refractivity contribution in [2.45, 2.75) is 6.92 Å². The van der Waals surface area contributed by atoms with E-state index in [-0.39, 0.29) is 11.9 Å². The third-order valence-corrected chi connectivity index (χ3v) is 3.70. The fourth-order valence-corrected chi connectivity index (χ4v) is 2.61. The van der Waals surface area contributed by atoms with Crippen LogP contribution < -0.4 is 4.90 Å². The molecule has 0 unspecified atom stereocenters. The second kappa shape index (κ2) is 6.13. The third kappa shape index (κ3) is 2.66. The van der Waals surface area contributed by atoms with Crippen LogP contribution in [-0.4, -0.2) is 53.7 Å². The van der Waals surface area contributed by atoms with Crippen LogP contribution in [0, 0.1) is 5.82 Å². The molecule has 0 saturated carbocycles. The Kier molecular flexibility index (Phi) is 4.04. The Morgan fingerprint density at radius 2 is 2.05 bits per heavy atom. The fourth-order valence-electron chi connectivity index (χ4n) is 2.61. The van der Waals surface area contributed by atoms with Crippen LogP contribution in [0.2, 0.25) is 0 Å². The van der Waals surface area contributed by atoms with Gasteiger partial charge in [0.25, 0.3) is 0 Å². The Balaban J connectivity index is 1.80. The molecular formula is C15H17FN4O2. The van der Waals surface area contributed by atoms with E-state index in [1.165, 1.54) is 12.4 Å². The first-order valence-electron chi connectivity index (χ1n) is 7.26. The lowest BCUT2D eigenvalue weighted by Crippen LogP contribution is -2.49. The lowest BCUT2D eigenvalue weighted by Gasteiger charge is -2.35. The molecule has 1 saturated heterocycles. The number of hydrogen-bond donors (Lipinski definition) is 0. The largest absolute Gasteiger partial charge is 0.450 e. The minimum Gasteiger partial charge on any atom is -0.450 e. The van der Waals surface area contributed by atoms with Crippen molar-refractivity contribution >= 4 is 22.8 Å². The summed E-state index contributed by atoms with van der Waals surface area (Å²) >= 11 is 0. The minimum absolute atomic E-state index is 0.291. The smallest absolute Gasteiger partial charge is 0.409 e. The lowest BCUT2D eigenvalue weighted by molar-refractivity contribution is 0.105. The topological polar surface area (TPSA) is 58.6 Å². The quantitative estimate of drug-likeness (QED) is 0.850. The molecule has 1 aromatic carbocycles. The van der Waals surface area contributed by atoms with E-state index in [4.69, 9.17) is 4.74 Å². The van der Waals surface area contributed by atoms with E-state index in [1.807, 2.05) is 11.0 Å². The van der Waals surface area contributed by atoms with Crippen molar-refractivity contribution < 1.29 is 13.9 Å². The summed E-state index contributed by atoms with van der Waals surface area (Å²) in [6.07, 6.45) is 1.08. The van der Waals surface area contributed by atoms with Crippen molar-refractivity contribution in [1.82, 2.24) is 14.9 Å². The molecule has 6 nitrogen and oxygen atoms in total. The molecule has 7 heteroatoms. The van der Waals surface area contributed by atoms with Gasteiger partial charge in [-0.05, 0) is 19.1 Å². The third-order valence-electron chi connectivity index (χ3n) is 3.70. The summed E-state index contributed by atoms with van der Waals surface area (Å²) < 4.78 is 18.8. The fraction of sp³-hybridized carbons (Fsp3) is 0.400. The number of anilines is 1. The Bertz CT molecular complexity index is 686. The zero-order valence-electron chi connectivity index (χ0n) is 12.3. The maximum absolute atomic E-state index is 13.8. The number of halogens is 1. The highest BCUT2D eigenvalue weighted by Gasteiger charge is 2.24. The van der Waals surface area contributed by atoms with Crippen LogP contribution >= 0.6 is 0 Å². The van der Waals surface area contributed by atoms with Crippen LogP contribution in [-0.2, 0) is 4.74 Å². The molecule has 2 aromatic rings. The molecule has 2 heterocycles. The Hall–Kier alpha value is -2.44. The van der Waals surface area contributed by atoms with Gasteiger partial charge in [0.15, 0.2) is 0 Å². The van der Waals surface area contributed by atoms with E-state index in [9.17, 15) is 9.18 Å². The molecular weight excluding hydrogens is 287 g/mol. The predicted molar refractivity (Wildman–Crippen MR) is 80.3 cm³/mol. The van der Waals surface area contributed by atoms with E-state index in [1.54, 1.807) is 17.9 Å². The van der Waals surface area contributed by atoms with Gasteiger partial charge in [-0.1, -0.05) is 6.07 Å². The predicted octanol–water partition coefficient (Wildman–Crippen LogP) is 2.05. The molecule has 0 bridgehead atoms. The number of piperazine rings is 1. The van der Waals surface area contributed by atoms with Crippen molar-refractivity contribution in [3.8, 4) is 0 Å². The molecule has 3 rings (SSSR count). The van der Waals surface area contributed by atoms with Gasteiger partial charge in [0, 0.05) is 31.6 Å². The molecule has 0 atom stereocenters. The zero-order valence-corrected chi connectivity index (χ0v) is 12.3. The number of aromatic nitrogens is 2. The number of benzene rings is 1. The number of carbonyl (C=O) groups is 1. The minimum atomic E-state index is -0.355. The van der Waals surface area contributed by atoms with Crippen LogP contribution in [0.15, 0.2) is 24.5 Å². The maximum Gasteiger partial charge on any atom is 0.409 e. The number of para-hydroxylation sites is 1. The SMILES string of the molecule is CCOC(=O)N1CCN(c2ncnc3c(F)cccc23)CC1. The number of nitrogens with zero attached hydrogens (tertiary/aromatic N) is 4. The highest BCUT2D eigenvalue weighted by molar-refractivity contribution is 5.89. The first kappa shape index (κ1) is 14.5. The van der Waals surface area contributed by atoms with Crippen molar-refractivity contribution in [2.75, 3.05) is 37.7 Å². The van der Waals surface area contributed by atoms with E-state index < -0.39 is 0 Å². The average Bonchev–Trinajstić information content (AvgIpc) is 2.55. The van der Waals surface area contributed by atoms with Crippen molar-refractivity contribution in [2.24, 2.45) is 0 Å². The van der Waals surface area contributed by atoms with Crippen molar-refractivity contribution in [1.29, 1.82) is 0 Å². The molecule has 0 aliphatic carbocycles. The second-order valence-corrected chi connectivity index (χ2v) is 5.01. The molecule has 0 N–H and O–H groups in total. The summed E-state index contributed by atoms with van der Waals surface area (Å²) in [4.78, 5) is 23.7. The van der Waals surface area contributed by atoms with Crippen LogP contribution in [0.4, 0.5) is 15.0 Å². The molecule has 22 heavy (non-hydrogen) atoms. The van der Waals surface area contributed by atoms with Gasteiger partial charge < -0.3 is 14.5 Å². The normalized spacial score (nSPS) is 15.2. The van der Waals surface area contributed by atoms with Gasteiger partial charge >= 0.3 is 6.09 Å². The number of rotatable bonds is 2. The summed E-state index contributed by atoms with van der Waals surface area (Å²) in [7, 11) is 0. The first-order valence-corrected chi connectivity index (χ1v) is 7.26. The van der Waals surface area contributed by atoms with Gasteiger partial charge in [-0.2, -0.15) is 0 Å². The van der Waals surface area contributed by atoms with Crippen molar-refractivity contribution in [3.05, 3.63) is 30.3 Å². The summed E-state index contributed by atoms with van der Waals surface area (Å²) in [5, 5.41) is 0.687. The number of ether oxygens (including phenoxy) is 1. The molecule has 1 aliphatic rings. The Morgan fingerprint density at radius 1 is 1.27 bits per heavy atom. The standard InChI is InChI=1S/C15H17FN4O2/c1-2-22-15(21)20-8-6-19(7-9-20)14-11-4-3-5-12(16)13(11)17-10-18-14/h3-5,10H,2,6-9H2,1H3. The Labute approximate surface area is 127 Å². The second-order valence-electron chi connectivity index (χ2n) is 5.01. The van der Waals surface area contributed by atoms with Gasteiger partial charge in [0.05, 0.1) is 6.61 Å². The van der Waals surface area contributed by atoms with Crippen LogP contribution in [0.5, 0.6) is 0 Å². The molecule has 1 fully saturated rings. The number of fused-ring (bicyclic) bond motifs is 1. The van der Waals surface area contributed by atoms with E-state index in [0.29, 0.717) is 49.5 Å². The van der Waals surface area contributed by atoms with Crippen molar-refractivity contribution in [3.63, 3.8) is 0 Å². The molecule has 0 radical (unpaired) electrons. The first-order chi connectivity index (χ1) is 10.7. The summed E-state index contributed by atoms with van der Waals surface area (Å²) in [6, 6.07) is 4.85. The molecule has 1 aliphatic heterocycles. The number of carbonyl (C=O) groups excluding carboxylic acids is 1. The highest BCUT2D eigenvalue weighted by atomic mass is 19.1. The van der Waals surface area contributed by atoms with Gasteiger partial charge in [-0.25, -0.2) is 19.2 Å². The lowest BCUT2D eigenvalue weighted by atomic mass is 10.2. The molecule has 1 amide bonds. The Morgan fingerprint density at radius 3 is 2.77 bits per heavy atom. The van der Waals surface area contributed by atoms with Gasteiger partial charge in [0.1, 0.15) is 23.5 Å².